The summed E-state index contributed by atoms with van der Waals surface area (Å²) >= 11 is 0. The van der Waals surface area contributed by atoms with Crippen LogP contribution >= 0.6 is 0 Å². The molecule has 1 heterocycles. The first-order valence-electron chi connectivity index (χ1n) is 6.40. The predicted octanol–water partition coefficient (Wildman–Crippen LogP) is 5.13. The molecule has 106 valence electrons. The fourth-order valence-corrected chi connectivity index (χ4v) is 1.92. The second kappa shape index (κ2) is 6.08. The van der Waals surface area contributed by atoms with Gasteiger partial charge in [0.15, 0.2) is 11.3 Å². The summed E-state index contributed by atoms with van der Waals surface area (Å²) in [6.45, 7) is 7.83. The van der Waals surface area contributed by atoms with Gasteiger partial charge in [-0.3, -0.25) is 0 Å². The average Bonchev–Trinajstić information content (AvgIpc) is 2.79. The third-order valence-electron chi connectivity index (χ3n) is 2.75. The highest BCUT2D eigenvalue weighted by molar-refractivity contribution is 5.84. The standard InChI is InChI=1S/C12H12F3NO.C2H6/c1-3-4-8-7(2)5-6-9-10(8)17-16-11(9)12(13,14)15;1-2/h5-6H,3-4H2,1-2H3;1-2H3. The summed E-state index contributed by atoms with van der Waals surface area (Å²) in [6.07, 6.45) is -2.93. The van der Waals surface area contributed by atoms with Gasteiger partial charge in [0.25, 0.3) is 0 Å². The highest BCUT2D eigenvalue weighted by atomic mass is 19.4. The Kier molecular flexibility index (Phi) is 4.97. The maximum atomic E-state index is 12.6. The maximum absolute atomic E-state index is 12.6. The summed E-state index contributed by atoms with van der Waals surface area (Å²) in [6, 6.07) is 3.10. The Labute approximate surface area is 110 Å². The van der Waals surface area contributed by atoms with Crippen molar-refractivity contribution in [2.24, 2.45) is 0 Å². The monoisotopic (exact) mass is 273 g/mol. The molecule has 0 unspecified atom stereocenters. The minimum Gasteiger partial charge on any atom is -0.355 e. The van der Waals surface area contributed by atoms with E-state index in [2.05, 4.69) is 5.16 Å². The zero-order valence-electron chi connectivity index (χ0n) is 11.6. The highest BCUT2D eigenvalue weighted by Gasteiger charge is 2.37. The van der Waals surface area contributed by atoms with E-state index in [0.717, 1.165) is 17.5 Å². The third-order valence-corrected chi connectivity index (χ3v) is 2.75. The molecule has 0 atom stereocenters. The topological polar surface area (TPSA) is 26.0 Å². The van der Waals surface area contributed by atoms with E-state index >= 15 is 0 Å². The molecule has 0 N–H and O–H groups in total. The Morgan fingerprint density at radius 3 is 2.37 bits per heavy atom. The van der Waals surface area contributed by atoms with Crippen molar-refractivity contribution >= 4 is 11.0 Å². The van der Waals surface area contributed by atoms with Crippen molar-refractivity contribution in [2.45, 2.75) is 46.7 Å². The largest absolute Gasteiger partial charge is 0.437 e. The molecule has 0 bridgehead atoms. The lowest BCUT2D eigenvalue weighted by Crippen LogP contribution is -2.05. The van der Waals surface area contributed by atoms with E-state index in [1.807, 2.05) is 27.7 Å². The van der Waals surface area contributed by atoms with Gasteiger partial charge in [0.05, 0.1) is 5.39 Å². The van der Waals surface area contributed by atoms with Crippen molar-refractivity contribution in [1.82, 2.24) is 5.16 Å². The Hall–Kier alpha value is -1.52. The molecule has 2 rings (SSSR count). The second-order valence-corrected chi connectivity index (χ2v) is 4.02. The predicted molar refractivity (Wildman–Crippen MR) is 69.1 cm³/mol. The summed E-state index contributed by atoms with van der Waals surface area (Å²) in [5.41, 5.74) is 1.07. The van der Waals surface area contributed by atoms with Gasteiger partial charge < -0.3 is 4.52 Å². The average molecular weight is 273 g/mol. The molecule has 2 aromatic rings. The first kappa shape index (κ1) is 15.5. The number of halogens is 3. The molecular formula is C14H18F3NO. The second-order valence-electron chi connectivity index (χ2n) is 4.02. The van der Waals surface area contributed by atoms with Crippen LogP contribution in [0.5, 0.6) is 0 Å². The number of nitrogens with zero attached hydrogens (tertiary/aromatic N) is 1. The van der Waals surface area contributed by atoms with Crippen LogP contribution in [-0.2, 0) is 12.6 Å². The van der Waals surface area contributed by atoms with Gasteiger partial charge in [-0.15, -0.1) is 0 Å². The zero-order valence-corrected chi connectivity index (χ0v) is 11.6. The number of rotatable bonds is 2. The Morgan fingerprint density at radius 1 is 1.21 bits per heavy atom. The molecule has 0 aliphatic heterocycles. The Bertz CT molecular complexity index is 543. The molecule has 1 aromatic carbocycles. The van der Waals surface area contributed by atoms with Gasteiger partial charge in [0.1, 0.15) is 0 Å². The quantitative estimate of drug-likeness (QED) is 0.757. The molecule has 0 fully saturated rings. The normalized spacial score (nSPS) is 11.3. The fourth-order valence-electron chi connectivity index (χ4n) is 1.92. The molecule has 0 spiro atoms. The van der Waals surface area contributed by atoms with E-state index in [4.69, 9.17) is 4.52 Å². The molecule has 0 amide bonds. The van der Waals surface area contributed by atoms with Crippen LogP contribution in [0.2, 0.25) is 0 Å². The van der Waals surface area contributed by atoms with E-state index in [1.54, 1.807) is 6.07 Å². The molecule has 1 aromatic heterocycles. The summed E-state index contributed by atoms with van der Waals surface area (Å²) in [5.74, 6) is 0. The lowest BCUT2D eigenvalue weighted by atomic mass is 10.0. The molecule has 2 nitrogen and oxygen atoms in total. The lowest BCUT2D eigenvalue weighted by Gasteiger charge is -2.05. The Morgan fingerprint density at radius 2 is 1.84 bits per heavy atom. The van der Waals surface area contributed by atoms with Crippen molar-refractivity contribution in [2.75, 3.05) is 0 Å². The molecule has 5 heteroatoms. The van der Waals surface area contributed by atoms with Crippen LogP contribution in [0.1, 0.15) is 44.0 Å². The van der Waals surface area contributed by atoms with Crippen LogP contribution < -0.4 is 0 Å². The fraction of sp³-hybridized carbons (Fsp3) is 0.500. The summed E-state index contributed by atoms with van der Waals surface area (Å²) in [5, 5.41) is 3.20. The van der Waals surface area contributed by atoms with Crippen LogP contribution in [0.4, 0.5) is 13.2 Å². The molecule has 0 saturated carbocycles. The van der Waals surface area contributed by atoms with Crippen molar-refractivity contribution < 1.29 is 17.7 Å². The summed E-state index contributed by atoms with van der Waals surface area (Å²) in [4.78, 5) is 0. The number of hydrogen-bond donors (Lipinski definition) is 0. The maximum Gasteiger partial charge on any atom is 0.437 e. The highest BCUT2D eigenvalue weighted by Crippen LogP contribution is 2.36. The molecule has 0 saturated heterocycles. The molecule has 0 aliphatic carbocycles. The van der Waals surface area contributed by atoms with E-state index in [1.165, 1.54) is 6.07 Å². The van der Waals surface area contributed by atoms with Crippen molar-refractivity contribution in [3.63, 3.8) is 0 Å². The first-order valence-corrected chi connectivity index (χ1v) is 6.40. The number of aryl methyl sites for hydroxylation is 2. The summed E-state index contributed by atoms with van der Waals surface area (Å²) in [7, 11) is 0. The molecule has 19 heavy (non-hydrogen) atoms. The molecular weight excluding hydrogens is 255 g/mol. The Balaban J connectivity index is 0.000000861. The molecule has 0 aliphatic rings. The number of alkyl halides is 3. The van der Waals surface area contributed by atoms with Gasteiger partial charge in [-0.25, -0.2) is 0 Å². The van der Waals surface area contributed by atoms with Crippen LogP contribution in [0.3, 0.4) is 0 Å². The minimum absolute atomic E-state index is 0.0477. The van der Waals surface area contributed by atoms with E-state index in [-0.39, 0.29) is 11.0 Å². The van der Waals surface area contributed by atoms with E-state index in [9.17, 15) is 13.2 Å². The van der Waals surface area contributed by atoms with Gasteiger partial charge in [-0.1, -0.05) is 38.4 Å². The van der Waals surface area contributed by atoms with Crippen LogP contribution in [-0.4, -0.2) is 5.16 Å². The number of aromatic nitrogens is 1. The van der Waals surface area contributed by atoms with E-state index < -0.39 is 11.9 Å². The minimum atomic E-state index is -4.47. The van der Waals surface area contributed by atoms with Gasteiger partial charge in [-0.2, -0.15) is 13.2 Å². The summed E-state index contributed by atoms with van der Waals surface area (Å²) < 4.78 is 42.8. The number of hydrogen-bond acceptors (Lipinski definition) is 2. The van der Waals surface area contributed by atoms with Gasteiger partial charge in [0.2, 0.25) is 0 Å². The van der Waals surface area contributed by atoms with E-state index in [0.29, 0.717) is 6.42 Å². The zero-order chi connectivity index (χ0) is 14.6. The van der Waals surface area contributed by atoms with Gasteiger partial charge in [0, 0.05) is 5.56 Å². The third kappa shape index (κ3) is 3.08. The smallest absolute Gasteiger partial charge is 0.355 e. The van der Waals surface area contributed by atoms with Crippen molar-refractivity contribution in [3.05, 3.63) is 29.0 Å². The first-order chi connectivity index (χ1) is 8.95. The van der Waals surface area contributed by atoms with Crippen LogP contribution in [0.25, 0.3) is 11.0 Å². The van der Waals surface area contributed by atoms with Crippen LogP contribution in [0, 0.1) is 6.92 Å². The van der Waals surface area contributed by atoms with Gasteiger partial charge >= 0.3 is 6.18 Å². The lowest BCUT2D eigenvalue weighted by molar-refractivity contribution is -0.141. The van der Waals surface area contributed by atoms with Crippen molar-refractivity contribution in [1.29, 1.82) is 0 Å². The molecule has 0 radical (unpaired) electrons. The van der Waals surface area contributed by atoms with Crippen LogP contribution in [0.15, 0.2) is 16.7 Å². The number of fused-ring (bicyclic) bond motifs is 1. The number of benzene rings is 1. The SMILES string of the molecule is CC.CCCc1c(C)ccc2c(C(F)(F)F)noc12. The van der Waals surface area contributed by atoms with Gasteiger partial charge in [-0.05, 0) is 25.0 Å². The van der Waals surface area contributed by atoms with Crippen molar-refractivity contribution in [3.8, 4) is 0 Å².